The Morgan fingerprint density at radius 1 is 0.725 bits per heavy atom. The van der Waals surface area contributed by atoms with Gasteiger partial charge < -0.3 is 20.1 Å². The number of carbonyl (C=O) groups excluding carboxylic acids is 2. The van der Waals surface area contributed by atoms with Crippen molar-refractivity contribution in [2.45, 2.75) is 44.1 Å². The Morgan fingerprint density at radius 3 is 1.90 bits per heavy atom. The van der Waals surface area contributed by atoms with Gasteiger partial charge in [0.15, 0.2) is 0 Å². The van der Waals surface area contributed by atoms with Crippen LogP contribution in [0.15, 0.2) is 103 Å². The van der Waals surface area contributed by atoms with Crippen LogP contribution >= 0.6 is 0 Å². The number of methoxy groups -OCH3 is 1. The third-order valence-corrected chi connectivity index (χ3v) is 7.34. The molecule has 0 atom stereocenters. The molecule has 1 aliphatic carbocycles. The average Bonchev–Trinajstić information content (AvgIpc) is 3.01. The summed E-state index contributed by atoms with van der Waals surface area (Å²) < 4.78 is 11.5. The second-order valence-electron chi connectivity index (χ2n) is 10.1. The highest BCUT2D eigenvalue weighted by Gasteiger charge is 2.21. The highest BCUT2D eigenvalue weighted by atomic mass is 16.5. The molecule has 0 heterocycles. The fourth-order valence-electron chi connectivity index (χ4n) is 5.26. The Bertz CT molecular complexity index is 1380. The first kappa shape index (κ1) is 27.0. The number of hydrogen-bond acceptors (Lipinski definition) is 4. The van der Waals surface area contributed by atoms with E-state index in [1.54, 1.807) is 18.2 Å². The van der Waals surface area contributed by atoms with Gasteiger partial charge in [-0.1, -0.05) is 92.1 Å². The summed E-state index contributed by atoms with van der Waals surface area (Å²) in [5, 5.41) is 5.69. The van der Waals surface area contributed by atoms with Crippen molar-refractivity contribution < 1.29 is 19.1 Å². The molecule has 6 heteroatoms. The van der Waals surface area contributed by atoms with Gasteiger partial charge in [-0.2, -0.15) is 0 Å². The lowest BCUT2D eigenvalue weighted by Gasteiger charge is -2.22. The van der Waals surface area contributed by atoms with E-state index in [4.69, 9.17) is 9.47 Å². The van der Waals surface area contributed by atoms with Crippen LogP contribution in [0.2, 0.25) is 0 Å². The van der Waals surface area contributed by atoms with Crippen molar-refractivity contribution in [1.82, 2.24) is 0 Å². The third-order valence-electron chi connectivity index (χ3n) is 7.34. The van der Waals surface area contributed by atoms with Crippen molar-refractivity contribution in [3.05, 3.63) is 125 Å². The van der Waals surface area contributed by atoms with E-state index in [0.717, 1.165) is 11.1 Å². The third kappa shape index (κ3) is 6.70. The van der Waals surface area contributed by atoms with Crippen molar-refractivity contribution in [2.24, 2.45) is 0 Å². The first-order valence-corrected chi connectivity index (χ1v) is 13.8. The second-order valence-corrected chi connectivity index (χ2v) is 10.1. The molecule has 6 nitrogen and oxygen atoms in total. The maximum Gasteiger partial charge on any atom is 0.341 e. The lowest BCUT2D eigenvalue weighted by atomic mass is 9.84. The number of nitrogens with one attached hydrogen (secondary N) is 2. The first-order chi connectivity index (χ1) is 19.6. The maximum absolute atomic E-state index is 12.8. The molecule has 0 aromatic heterocycles. The summed E-state index contributed by atoms with van der Waals surface area (Å²) in [6.07, 6.45) is 5.90. The van der Waals surface area contributed by atoms with E-state index >= 15 is 0 Å². The molecular formula is C34H34N2O4. The molecule has 0 aliphatic heterocycles. The minimum Gasteiger partial charge on any atom is -0.480 e. The molecule has 204 valence electrons. The summed E-state index contributed by atoms with van der Waals surface area (Å²) in [6, 6.07) is 32.3. The van der Waals surface area contributed by atoms with Crippen molar-refractivity contribution in [3.8, 4) is 5.75 Å². The number of esters is 1. The van der Waals surface area contributed by atoms with Crippen LogP contribution in [-0.2, 0) is 4.74 Å². The Hall–Kier alpha value is -4.58. The van der Waals surface area contributed by atoms with E-state index in [0.29, 0.717) is 23.0 Å². The molecule has 0 radical (unpaired) electrons. The smallest absolute Gasteiger partial charge is 0.341 e. The minimum absolute atomic E-state index is 0.217. The molecule has 5 rings (SSSR count). The summed E-state index contributed by atoms with van der Waals surface area (Å²) in [5.41, 5.74) is 4.59. The van der Waals surface area contributed by atoms with Crippen LogP contribution in [0.4, 0.5) is 16.2 Å². The Labute approximate surface area is 235 Å². The van der Waals surface area contributed by atoms with Gasteiger partial charge in [0.2, 0.25) is 0 Å². The van der Waals surface area contributed by atoms with E-state index in [-0.39, 0.29) is 5.56 Å². The number of anilines is 2. The van der Waals surface area contributed by atoms with Gasteiger partial charge in [0, 0.05) is 11.4 Å². The van der Waals surface area contributed by atoms with Gasteiger partial charge in [0.1, 0.15) is 17.4 Å². The molecule has 0 bridgehead atoms. The Morgan fingerprint density at radius 2 is 1.30 bits per heavy atom. The average molecular weight is 535 g/mol. The predicted octanol–water partition coefficient (Wildman–Crippen LogP) is 8.33. The highest BCUT2D eigenvalue weighted by Crippen LogP contribution is 2.34. The van der Waals surface area contributed by atoms with Crippen LogP contribution in [0.3, 0.4) is 0 Å². The monoisotopic (exact) mass is 534 g/mol. The standard InChI is InChI=1S/C34H34N2O4/c1-39-33(37)30-23-29(36-34(38)35-28-19-17-25(18-20-28)24-11-5-2-6-12-24)21-22-31(30)40-32(26-13-7-3-8-14-26)27-15-9-4-10-16-27/h3-4,7-10,13-24,32H,2,5-6,11-12H2,1H3,(H2,35,36,38). The summed E-state index contributed by atoms with van der Waals surface area (Å²) in [5.74, 6) is 0.406. The lowest BCUT2D eigenvalue weighted by molar-refractivity contribution is 0.0594. The molecular weight excluding hydrogens is 500 g/mol. The summed E-state index contributed by atoms with van der Waals surface area (Å²) in [7, 11) is 1.32. The fraction of sp³-hybridized carbons (Fsp3) is 0.235. The van der Waals surface area contributed by atoms with Gasteiger partial charge in [-0.15, -0.1) is 0 Å². The molecule has 2 N–H and O–H groups in total. The van der Waals surface area contributed by atoms with Crippen LogP contribution in [0.5, 0.6) is 5.75 Å². The van der Waals surface area contributed by atoms with Crippen LogP contribution in [0.1, 0.15) is 71.2 Å². The molecule has 2 amide bonds. The van der Waals surface area contributed by atoms with Gasteiger partial charge in [0.25, 0.3) is 0 Å². The molecule has 0 unspecified atom stereocenters. The van der Waals surface area contributed by atoms with Crippen LogP contribution < -0.4 is 15.4 Å². The quantitative estimate of drug-likeness (QED) is 0.223. The zero-order valence-electron chi connectivity index (χ0n) is 22.6. The van der Waals surface area contributed by atoms with E-state index in [9.17, 15) is 9.59 Å². The molecule has 1 aliphatic rings. The number of benzene rings is 4. The number of ether oxygens (including phenoxy) is 2. The largest absolute Gasteiger partial charge is 0.480 e. The second kappa shape index (κ2) is 13.0. The maximum atomic E-state index is 12.8. The fourth-order valence-corrected chi connectivity index (χ4v) is 5.26. The predicted molar refractivity (Wildman–Crippen MR) is 158 cm³/mol. The van der Waals surface area contributed by atoms with Crippen molar-refractivity contribution in [2.75, 3.05) is 17.7 Å². The number of hydrogen-bond donors (Lipinski definition) is 2. The first-order valence-electron chi connectivity index (χ1n) is 13.8. The topological polar surface area (TPSA) is 76.7 Å². The number of rotatable bonds is 8. The Kier molecular flexibility index (Phi) is 8.76. The molecule has 4 aromatic carbocycles. The SMILES string of the molecule is COC(=O)c1cc(NC(=O)Nc2ccc(C3CCCCC3)cc2)ccc1OC(c1ccccc1)c1ccccc1. The highest BCUT2D eigenvalue weighted by molar-refractivity contribution is 6.01. The summed E-state index contributed by atoms with van der Waals surface area (Å²) >= 11 is 0. The van der Waals surface area contributed by atoms with Crippen LogP contribution in [-0.4, -0.2) is 19.1 Å². The van der Waals surface area contributed by atoms with Gasteiger partial charge in [-0.25, -0.2) is 9.59 Å². The molecule has 0 saturated heterocycles. The van der Waals surface area contributed by atoms with Gasteiger partial charge in [-0.05, 0) is 65.8 Å². The Balaban J connectivity index is 1.31. The zero-order chi connectivity index (χ0) is 27.7. The van der Waals surface area contributed by atoms with Crippen molar-refractivity contribution in [3.63, 3.8) is 0 Å². The lowest BCUT2D eigenvalue weighted by Crippen LogP contribution is -2.20. The van der Waals surface area contributed by atoms with Crippen LogP contribution in [0.25, 0.3) is 0 Å². The van der Waals surface area contributed by atoms with Crippen molar-refractivity contribution in [1.29, 1.82) is 0 Å². The zero-order valence-corrected chi connectivity index (χ0v) is 22.6. The van der Waals surface area contributed by atoms with Crippen molar-refractivity contribution >= 4 is 23.4 Å². The van der Waals surface area contributed by atoms with Gasteiger partial charge >= 0.3 is 12.0 Å². The van der Waals surface area contributed by atoms with E-state index in [1.165, 1.54) is 44.8 Å². The number of carbonyl (C=O) groups is 2. The molecule has 0 spiro atoms. The normalized spacial score (nSPS) is 13.4. The summed E-state index contributed by atoms with van der Waals surface area (Å²) in [4.78, 5) is 25.5. The minimum atomic E-state index is -0.558. The number of amides is 2. The molecule has 4 aromatic rings. The number of urea groups is 1. The van der Waals surface area contributed by atoms with E-state index < -0.39 is 18.1 Å². The van der Waals surface area contributed by atoms with E-state index in [2.05, 4.69) is 22.8 Å². The molecule has 1 fully saturated rings. The molecule has 40 heavy (non-hydrogen) atoms. The van der Waals surface area contributed by atoms with Gasteiger partial charge in [-0.3, -0.25) is 0 Å². The van der Waals surface area contributed by atoms with Gasteiger partial charge in [0.05, 0.1) is 7.11 Å². The van der Waals surface area contributed by atoms with E-state index in [1.807, 2.05) is 72.8 Å². The van der Waals surface area contributed by atoms with Crippen LogP contribution in [0, 0.1) is 0 Å². The molecule has 1 saturated carbocycles. The summed E-state index contributed by atoms with van der Waals surface area (Å²) in [6.45, 7) is 0.